The van der Waals surface area contributed by atoms with E-state index in [0.29, 0.717) is 0 Å². The highest BCUT2D eigenvalue weighted by atomic mass is 16.4. The van der Waals surface area contributed by atoms with E-state index in [1.54, 1.807) is 0 Å². The molecular weight excluding hydrogens is 232 g/mol. The highest BCUT2D eigenvalue weighted by Gasteiger charge is 1.96. The summed E-state index contributed by atoms with van der Waals surface area (Å²) in [6.07, 6.45) is 10.1. The van der Waals surface area contributed by atoms with E-state index in [1.165, 1.54) is 31.2 Å². The molecule has 2 rings (SSSR count). The summed E-state index contributed by atoms with van der Waals surface area (Å²) in [5.41, 5.74) is 0. The van der Waals surface area contributed by atoms with Crippen molar-refractivity contribution >= 4 is 5.97 Å². The van der Waals surface area contributed by atoms with Crippen LogP contribution in [0.15, 0.2) is 41.5 Å². The first kappa shape index (κ1) is 14.0. The maximum atomic E-state index is 9.86. The SMILES string of the molecule is CCCCn1cc[n+](C)c1.O=C([O-])c1ccco1. The smallest absolute Gasteiger partial charge is 0.243 e. The first-order valence-corrected chi connectivity index (χ1v) is 5.89. The minimum absolute atomic E-state index is 0.134. The Morgan fingerprint density at radius 2 is 2.33 bits per heavy atom. The zero-order chi connectivity index (χ0) is 13.4. The van der Waals surface area contributed by atoms with E-state index in [1.807, 2.05) is 7.05 Å². The molecule has 0 fully saturated rings. The van der Waals surface area contributed by atoms with Crippen molar-refractivity contribution in [2.75, 3.05) is 0 Å². The van der Waals surface area contributed by atoms with E-state index in [9.17, 15) is 9.90 Å². The second-order valence-electron chi connectivity index (χ2n) is 3.94. The molecule has 2 aromatic rings. The van der Waals surface area contributed by atoms with Crippen molar-refractivity contribution in [3.8, 4) is 0 Å². The zero-order valence-electron chi connectivity index (χ0n) is 10.7. The van der Waals surface area contributed by atoms with Gasteiger partial charge in [-0.2, -0.15) is 0 Å². The number of carboxylic acids is 1. The number of nitrogens with zero attached hydrogens (tertiary/aromatic N) is 2. The molecule has 5 heteroatoms. The number of furan rings is 1. The molecule has 0 spiro atoms. The van der Waals surface area contributed by atoms with Crippen LogP contribution in [0.4, 0.5) is 0 Å². The number of imidazole rings is 1. The first-order valence-electron chi connectivity index (χ1n) is 5.89. The maximum absolute atomic E-state index is 9.86. The number of carbonyl (C=O) groups excluding carboxylic acids is 1. The predicted octanol–water partition coefficient (Wildman–Crippen LogP) is 0.756. The monoisotopic (exact) mass is 250 g/mol. The number of hydrogen-bond donors (Lipinski definition) is 0. The van der Waals surface area contributed by atoms with Crippen molar-refractivity contribution in [3.05, 3.63) is 42.9 Å². The molecule has 5 nitrogen and oxygen atoms in total. The summed E-state index contributed by atoms with van der Waals surface area (Å²) in [4.78, 5) is 9.86. The van der Waals surface area contributed by atoms with Gasteiger partial charge in [0.25, 0.3) is 0 Å². The van der Waals surface area contributed by atoms with Gasteiger partial charge < -0.3 is 14.3 Å². The quantitative estimate of drug-likeness (QED) is 0.752. The average molecular weight is 250 g/mol. The Kier molecular flexibility index (Phi) is 5.70. The lowest BCUT2D eigenvalue weighted by Crippen LogP contribution is -2.23. The van der Waals surface area contributed by atoms with Crippen LogP contribution in [-0.2, 0) is 13.6 Å². The molecule has 0 unspecified atom stereocenters. The summed E-state index contributed by atoms with van der Waals surface area (Å²) in [7, 11) is 2.04. The van der Waals surface area contributed by atoms with Gasteiger partial charge in [0.2, 0.25) is 6.33 Å². The van der Waals surface area contributed by atoms with E-state index in [-0.39, 0.29) is 5.76 Å². The molecule has 0 aliphatic rings. The Labute approximate surface area is 106 Å². The van der Waals surface area contributed by atoms with Crippen LogP contribution in [0.1, 0.15) is 30.3 Å². The standard InChI is InChI=1S/C8H15N2.C5H4O3/c1-3-4-5-10-7-6-9(2)8-10;6-5(7)4-2-1-3-8-4/h6-8H,3-5H2,1-2H3;1-3H,(H,6,7)/q+1;/p-1. The summed E-state index contributed by atoms with van der Waals surface area (Å²) in [5, 5.41) is 9.86. The fourth-order valence-electron chi connectivity index (χ4n) is 1.37. The number of carbonyl (C=O) groups is 1. The fraction of sp³-hybridized carbons (Fsp3) is 0.385. The number of rotatable bonds is 4. The van der Waals surface area contributed by atoms with Gasteiger partial charge in [-0.3, -0.25) is 0 Å². The normalized spacial score (nSPS) is 9.67. The largest absolute Gasteiger partial charge is 0.542 e. The molecule has 0 aliphatic carbocycles. The third-order valence-electron chi connectivity index (χ3n) is 2.32. The van der Waals surface area contributed by atoms with Gasteiger partial charge in [0.15, 0.2) is 0 Å². The molecule has 0 saturated carbocycles. The summed E-state index contributed by atoms with van der Waals surface area (Å²) in [6, 6.07) is 2.82. The molecule has 0 N–H and O–H groups in total. The van der Waals surface area contributed by atoms with Gasteiger partial charge in [0.05, 0.1) is 19.9 Å². The van der Waals surface area contributed by atoms with Crippen molar-refractivity contribution < 1.29 is 18.9 Å². The molecule has 18 heavy (non-hydrogen) atoms. The third-order valence-corrected chi connectivity index (χ3v) is 2.32. The third kappa shape index (κ3) is 4.86. The summed E-state index contributed by atoms with van der Waals surface area (Å²) >= 11 is 0. The molecule has 0 saturated heterocycles. The highest BCUT2D eigenvalue weighted by Crippen LogP contribution is 1.95. The Morgan fingerprint density at radius 3 is 2.72 bits per heavy atom. The van der Waals surface area contributed by atoms with E-state index >= 15 is 0 Å². The summed E-state index contributed by atoms with van der Waals surface area (Å²) in [5.74, 6) is -1.42. The van der Waals surface area contributed by atoms with Gasteiger partial charge in [-0.25, -0.2) is 9.13 Å². The van der Waals surface area contributed by atoms with Gasteiger partial charge in [0, 0.05) is 0 Å². The Morgan fingerprint density at radius 1 is 1.56 bits per heavy atom. The fourth-order valence-corrected chi connectivity index (χ4v) is 1.37. The lowest BCUT2D eigenvalue weighted by molar-refractivity contribution is -0.671. The van der Waals surface area contributed by atoms with Gasteiger partial charge >= 0.3 is 0 Å². The van der Waals surface area contributed by atoms with E-state index < -0.39 is 5.97 Å². The lowest BCUT2D eigenvalue weighted by Gasteiger charge is -1.91. The number of aromatic carboxylic acids is 1. The van der Waals surface area contributed by atoms with Crippen LogP contribution in [0.5, 0.6) is 0 Å². The van der Waals surface area contributed by atoms with Crippen LogP contribution >= 0.6 is 0 Å². The molecule has 2 aromatic heterocycles. The van der Waals surface area contributed by atoms with Gasteiger partial charge in [-0.15, -0.1) is 0 Å². The van der Waals surface area contributed by atoms with Crippen LogP contribution in [-0.4, -0.2) is 10.5 Å². The molecule has 2 heterocycles. The number of aryl methyl sites for hydroxylation is 2. The van der Waals surface area contributed by atoms with Crippen molar-refractivity contribution in [2.24, 2.45) is 7.05 Å². The lowest BCUT2D eigenvalue weighted by atomic mass is 10.3. The second-order valence-corrected chi connectivity index (χ2v) is 3.94. The molecule has 98 valence electrons. The Hall–Kier alpha value is -2.04. The first-order chi connectivity index (χ1) is 8.63. The number of unbranched alkanes of at least 4 members (excludes halogenated alkanes) is 1. The number of aromatic nitrogens is 2. The van der Waals surface area contributed by atoms with Gasteiger partial charge in [-0.1, -0.05) is 13.3 Å². The van der Waals surface area contributed by atoms with E-state index in [2.05, 4.69) is 39.2 Å². The van der Waals surface area contributed by atoms with Crippen molar-refractivity contribution in [1.29, 1.82) is 0 Å². The second kappa shape index (κ2) is 7.32. The molecule has 0 amide bonds. The maximum Gasteiger partial charge on any atom is 0.243 e. The minimum Gasteiger partial charge on any atom is -0.542 e. The summed E-state index contributed by atoms with van der Waals surface area (Å²) in [6.45, 7) is 3.36. The van der Waals surface area contributed by atoms with Crippen LogP contribution in [0, 0.1) is 0 Å². The molecule has 0 atom stereocenters. The Balaban J connectivity index is 0.000000184. The molecule has 0 aliphatic heterocycles. The highest BCUT2D eigenvalue weighted by molar-refractivity contribution is 5.82. The van der Waals surface area contributed by atoms with Gasteiger partial charge in [0.1, 0.15) is 24.1 Å². The number of carboxylic acid groups (broad SMARTS) is 1. The Bertz CT molecular complexity index is 460. The number of hydrogen-bond acceptors (Lipinski definition) is 3. The van der Waals surface area contributed by atoms with Crippen LogP contribution in [0.3, 0.4) is 0 Å². The van der Waals surface area contributed by atoms with Gasteiger partial charge in [-0.05, 0) is 18.6 Å². The molecule has 0 bridgehead atoms. The molecule has 0 aromatic carbocycles. The predicted molar refractivity (Wildman–Crippen MR) is 63.6 cm³/mol. The topological polar surface area (TPSA) is 62.1 Å². The van der Waals surface area contributed by atoms with Crippen LogP contribution in [0.2, 0.25) is 0 Å². The minimum atomic E-state index is -1.28. The van der Waals surface area contributed by atoms with Crippen molar-refractivity contribution in [2.45, 2.75) is 26.3 Å². The van der Waals surface area contributed by atoms with E-state index in [4.69, 9.17) is 0 Å². The van der Waals surface area contributed by atoms with E-state index in [0.717, 1.165) is 6.54 Å². The van der Waals surface area contributed by atoms with Crippen LogP contribution in [0.25, 0.3) is 0 Å². The zero-order valence-corrected chi connectivity index (χ0v) is 10.7. The molecular formula is C13H18N2O3. The van der Waals surface area contributed by atoms with Crippen LogP contribution < -0.4 is 9.67 Å². The van der Waals surface area contributed by atoms with Crippen molar-refractivity contribution in [3.63, 3.8) is 0 Å². The summed E-state index contributed by atoms with van der Waals surface area (Å²) < 4.78 is 8.71. The molecule has 0 radical (unpaired) electrons. The van der Waals surface area contributed by atoms with Crippen molar-refractivity contribution in [1.82, 2.24) is 4.57 Å². The average Bonchev–Trinajstić information content (AvgIpc) is 2.98.